The molecule has 0 aromatic carbocycles. The van der Waals surface area contributed by atoms with Gasteiger partial charge in [0.15, 0.2) is 0 Å². The first-order valence-corrected chi connectivity index (χ1v) is 6.12. The average Bonchev–Trinajstić information content (AvgIpc) is 2.21. The second-order valence-corrected chi connectivity index (χ2v) is 4.33. The Morgan fingerprint density at radius 3 is 2.21 bits per heavy atom. The molecule has 2 N–H and O–H groups in total. The van der Waals surface area contributed by atoms with Gasteiger partial charge in [0.05, 0.1) is 0 Å². The van der Waals surface area contributed by atoms with Crippen molar-refractivity contribution in [3.63, 3.8) is 0 Å². The van der Waals surface area contributed by atoms with E-state index in [0.717, 1.165) is 6.54 Å². The van der Waals surface area contributed by atoms with E-state index >= 15 is 0 Å². The van der Waals surface area contributed by atoms with Crippen molar-refractivity contribution in [3.05, 3.63) is 0 Å². The highest BCUT2D eigenvalue weighted by molar-refractivity contribution is 4.63. The molecule has 2 nitrogen and oxygen atoms in total. The molecular weight excluding hydrogens is 172 g/mol. The van der Waals surface area contributed by atoms with Crippen molar-refractivity contribution in [2.45, 2.75) is 58.4 Å². The second kappa shape index (κ2) is 9.47. The molecule has 0 saturated carbocycles. The molecule has 86 valence electrons. The molecule has 0 fully saturated rings. The number of rotatable bonds is 9. The lowest BCUT2D eigenvalue weighted by Crippen LogP contribution is -2.35. The number of hydrogen-bond donors (Lipinski definition) is 1. The summed E-state index contributed by atoms with van der Waals surface area (Å²) in [5, 5.41) is 0. The molecule has 2 heteroatoms. The first-order chi connectivity index (χ1) is 6.72. The number of hydrogen-bond acceptors (Lipinski definition) is 2. The number of unbranched alkanes of at least 4 members (excludes halogenated alkanes) is 5. The molecule has 1 atom stereocenters. The smallest absolute Gasteiger partial charge is 0.0187 e. The van der Waals surface area contributed by atoms with Crippen LogP contribution in [0.4, 0.5) is 0 Å². The van der Waals surface area contributed by atoms with Gasteiger partial charge in [0.1, 0.15) is 0 Å². The van der Waals surface area contributed by atoms with Gasteiger partial charge >= 0.3 is 0 Å². The van der Waals surface area contributed by atoms with Crippen molar-refractivity contribution in [3.8, 4) is 0 Å². The van der Waals surface area contributed by atoms with E-state index in [1.54, 1.807) is 0 Å². The molecule has 0 amide bonds. The zero-order chi connectivity index (χ0) is 10.8. The Bertz CT molecular complexity index is 115. The summed E-state index contributed by atoms with van der Waals surface area (Å²) < 4.78 is 0. The largest absolute Gasteiger partial charge is 0.329 e. The van der Waals surface area contributed by atoms with E-state index in [9.17, 15) is 0 Å². The topological polar surface area (TPSA) is 29.3 Å². The lowest BCUT2D eigenvalue weighted by atomic mass is 10.1. The van der Waals surface area contributed by atoms with Gasteiger partial charge in [-0.15, -0.1) is 0 Å². The van der Waals surface area contributed by atoms with Gasteiger partial charge in [-0.3, -0.25) is 0 Å². The van der Waals surface area contributed by atoms with E-state index in [1.165, 1.54) is 45.1 Å². The highest BCUT2D eigenvalue weighted by Gasteiger charge is 2.05. The van der Waals surface area contributed by atoms with Crippen LogP contribution in [-0.2, 0) is 0 Å². The Morgan fingerprint density at radius 2 is 1.64 bits per heavy atom. The van der Waals surface area contributed by atoms with Crippen LogP contribution in [0.2, 0.25) is 0 Å². The van der Waals surface area contributed by atoms with Crippen molar-refractivity contribution in [2.75, 3.05) is 20.1 Å². The number of likely N-dealkylation sites (N-methyl/N-ethyl adjacent to an activating group) is 1. The summed E-state index contributed by atoms with van der Waals surface area (Å²) in [5.74, 6) is 0. The third-order valence-electron chi connectivity index (χ3n) is 2.96. The molecule has 0 aromatic rings. The van der Waals surface area contributed by atoms with Crippen molar-refractivity contribution in [1.29, 1.82) is 0 Å². The van der Waals surface area contributed by atoms with E-state index < -0.39 is 0 Å². The van der Waals surface area contributed by atoms with Gasteiger partial charge in [-0.1, -0.05) is 39.0 Å². The van der Waals surface area contributed by atoms with Crippen molar-refractivity contribution < 1.29 is 0 Å². The highest BCUT2D eigenvalue weighted by Crippen LogP contribution is 2.06. The van der Waals surface area contributed by atoms with Gasteiger partial charge in [0.2, 0.25) is 0 Å². The van der Waals surface area contributed by atoms with E-state index in [-0.39, 0.29) is 0 Å². The minimum atomic E-state index is 0.533. The van der Waals surface area contributed by atoms with Crippen LogP contribution in [0.3, 0.4) is 0 Å². The Morgan fingerprint density at radius 1 is 1.07 bits per heavy atom. The Hall–Kier alpha value is -0.0800. The minimum Gasteiger partial charge on any atom is -0.329 e. The molecular formula is C12H28N2. The summed E-state index contributed by atoms with van der Waals surface area (Å²) in [5.41, 5.74) is 5.60. The third-order valence-corrected chi connectivity index (χ3v) is 2.96. The summed E-state index contributed by atoms with van der Waals surface area (Å²) in [6, 6.07) is 0.533. The van der Waals surface area contributed by atoms with Crippen LogP contribution < -0.4 is 5.73 Å². The fraction of sp³-hybridized carbons (Fsp3) is 1.00. The zero-order valence-corrected chi connectivity index (χ0v) is 10.3. The maximum atomic E-state index is 5.60. The predicted molar refractivity (Wildman–Crippen MR) is 64.5 cm³/mol. The number of nitrogens with two attached hydrogens (primary N) is 1. The molecule has 0 bridgehead atoms. The van der Waals surface area contributed by atoms with Gasteiger partial charge in [-0.05, 0) is 26.9 Å². The maximum absolute atomic E-state index is 5.60. The van der Waals surface area contributed by atoms with E-state index in [2.05, 4.69) is 25.8 Å². The van der Waals surface area contributed by atoms with Crippen LogP contribution >= 0.6 is 0 Å². The molecule has 0 heterocycles. The molecule has 0 aliphatic rings. The Kier molecular flexibility index (Phi) is 9.42. The van der Waals surface area contributed by atoms with Crippen LogP contribution in [0.5, 0.6) is 0 Å². The normalized spacial score (nSPS) is 13.5. The fourth-order valence-corrected chi connectivity index (χ4v) is 1.54. The standard InChI is InChI=1S/C12H28N2/c1-4-5-6-7-8-9-10-14(3)12(2)11-13/h12H,4-11,13H2,1-3H3. The van der Waals surface area contributed by atoms with Crippen LogP contribution in [-0.4, -0.2) is 31.1 Å². The number of nitrogens with zero attached hydrogens (tertiary/aromatic N) is 1. The monoisotopic (exact) mass is 200 g/mol. The average molecular weight is 200 g/mol. The molecule has 0 aromatic heterocycles. The molecule has 0 aliphatic heterocycles. The summed E-state index contributed by atoms with van der Waals surface area (Å²) in [4.78, 5) is 2.36. The summed E-state index contributed by atoms with van der Waals surface area (Å²) >= 11 is 0. The first-order valence-electron chi connectivity index (χ1n) is 6.12. The Labute approximate surface area is 89.9 Å². The predicted octanol–water partition coefficient (Wildman–Crippen LogP) is 2.63. The summed E-state index contributed by atoms with van der Waals surface area (Å²) in [6.45, 7) is 6.42. The van der Waals surface area contributed by atoms with E-state index in [1.807, 2.05) is 0 Å². The molecule has 0 radical (unpaired) electrons. The van der Waals surface area contributed by atoms with Gasteiger partial charge in [0.25, 0.3) is 0 Å². The lowest BCUT2D eigenvalue weighted by molar-refractivity contribution is 0.256. The molecule has 1 unspecified atom stereocenters. The zero-order valence-electron chi connectivity index (χ0n) is 10.3. The maximum Gasteiger partial charge on any atom is 0.0187 e. The first kappa shape index (κ1) is 13.9. The van der Waals surface area contributed by atoms with Crippen LogP contribution in [0.1, 0.15) is 52.4 Å². The highest BCUT2D eigenvalue weighted by atomic mass is 15.1. The minimum absolute atomic E-state index is 0.533. The second-order valence-electron chi connectivity index (χ2n) is 4.33. The van der Waals surface area contributed by atoms with Crippen molar-refractivity contribution in [2.24, 2.45) is 5.73 Å². The summed E-state index contributed by atoms with van der Waals surface area (Å²) in [7, 11) is 2.17. The van der Waals surface area contributed by atoms with Gasteiger partial charge in [-0.25, -0.2) is 0 Å². The lowest BCUT2D eigenvalue weighted by Gasteiger charge is -2.22. The quantitative estimate of drug-likeness (QED) is 0.580. The molecule has 14 heavy (non-hydrogen) atoms. The van der Waals surface area contributed by atoms with Gasteiger partial charge in [-0.2, -0.15) is 0 Å². The fourth-order valence-electron chi connectivity index (χ4n) is 1.54. The van der Waals surface area contributed by atoms with Crippen LogP contribution in [0, 0.1) is 0 Å². The SMILES string of the molecule is CCCCCCCCN(C)C(C)CN. The van der Waals surface area contributed by atoms with E-state index in [0.29, 0.717) is 6.04 Å². The molecule has 0 spiro atoms. The summed E-state index contributed by atoms with van der Waals surface area (Å²) in [6.07, 6.45) is 8.25. The van der Waals surface area contributed by atoms with Crippen molar-refractivity contribution in [1.82, 2.24) is 4.90 Å². The van der Waals surface area contributed by atoms with Crippen molar-refractivity contribution >= 4 is 0 Å². The van der Waals surface area contributed by atoms with Crippen LogP contribution in [0.15, 0.2) is 0 Å². The van der Waals surface area contributed by atoms with E-state index in [4.69, 9.17) is 5.73 Å². The van der Waals surface area contributed by atoms with Crippen LogP contribution in [0.25, 0.3) is 0 Å². The molecule has 0 aliphatic carbocycles. The molecule has 0 saturated heterocycles. The Balaban J connectivity index is 3.18. The van der Waals surface area contributed by atoms with Gasteiger partial charge in [0, 0.05) is 12.6 Å². The third kappa shape index (κ3) is 7.34. The molecule has 0 rings (SSSR count). The van der Waals surface area contributed by atoms with Gasteiger partial charge < -0.3 is 10.6 Å².